The molecule has 0 atom stereocenters. The summed E-state index contributed by atoms with van der Waals surface area (Å²) < 4.78 is 0. The van der Waals surface area contributed by atoms with Crippen molar-refractivity contribution >= 4 is 12.7 Å². The normalized spacial score (nSPS) is 25.4. The lowest BCUT2D eigenvalue weighted by atomic mass is 9.99. The molecule has 3 rings (SSSR count). The van der Waals surface area contributed by atoms with E-state index in [1.807, 2.05) is 0 Å². The summed E-state index contributed by atoms with van der Waals surface area (Å²) in [5.41, 5.74) is 4.80. The monoisotopic (exact) mass is 348 g/mol. The second-order valence-corrected chi connectivity index (χ2v) is 13.4. The van der Waals surface area contributed by atoms with Crippen molar-refractivity contribution in [3.8, 4) is 0 Å². The molecule has 24 heavy (non-hydrogen) atoms. The molecule has 3 saturated carbocycles. The second kappa shape index (κ2) is 9.12. The maximum Gasteiger partial charge on any atom is -0.0205 e. The highest BCUT2D eigenvalue weighted by atomic mass is 31.2. The molecule has 0 aliphatic heterocycles. The summed E-state index contributed by atoms with van der Waals surface area (Å²) >= 11 is 0. The summed E-state index contributed by atoms with van der Waals surface area (Å²) in [6.07, 6.45) is 25.6. The third kappa shape index (κ3) is 4.23. The van der Waals surface area contributed by atoms with Crippen molar-refractivity contribution in [1.82, 2.24) is 0 Å². The Morgan fingerprint density at radius 1 is 0.583 bits per heavy atom. The van der Waals surface area contributed by atoms with Crippen molar-refractivity contribution in [3.63, 3.8) is 0 Å². The van der Waals surface area contributed by atoms with Gasteiger partial charge in [0.1, 0.15) is 0 Å². The topological polar surface area (TPSA) is 0 Å². The summed E-state index contributed by atoms with van der Waals surface area (Å²) in [7, 11) is 0. The highest BCUT2D eigenvalue weighted by molar-refractivity contribution is 7.77. The number of allylic oxidation sites excluding steroid dienone is 2. The fourth-order valence-electron chi connectivity index (χ4n) is 6.12. The van der Waals surface area contributed by atoms with Gasteiger partial charge in [-0.05, 0) is 69.3 Å². The number of rotatable bonds is 4. The van der Waals surface area contributed by atoms with E-state index < -0.39 is 6.89 Å². The third-order valence-electron chi connectivity index (χ3n) is 7.29. The van der Waals surface area contributed by atoms with Gasteiger partial charge in [-0.3, -0.25) is 0 Å². The fraction of sp³-hybridized carbons (Fsp3) is 0.870. The number of hydrogen-bond acceptors (Lipinski definition) is 0. The molecule has 0 aromatic heterocycles. The van der Waals surface area contributed by atoms with Crippen LogP contribution in [0.2, 0.25) is 0 Å². The maximum atomic E-state index is 2.91. The predicted octanol–water partition coefficient (Wildman–Crippen LogP) is 7.77. The molecule has 0 unspecified atom stereocenters. The molecule has 0 amide bonds. The summed E-state index contributed by atoms with van der Waals surface area (Å²) in [5, 5.41) is 0. The lowest BCUT2D eigenvalue weighted by molar-refractivity contribution is 0.458. The van der Waals surface area contributed by atoms with Crippen LogP contribution in [-0.2, 0) is 0 Å². The van der Waals surface area contributed by atoms with Gasteiger partial charge in [0.15, 0.2) is 0 Å². The van der Waals surface area contributed by atoms with Gasteiger partial charge in [-0.15, -0.1) is 0 Å². The van der Waals surface area contributed by atoms with Crippen molar-refractivity contribution in [2.24, 2.45) is 0 Å². The van der Waals surface area contributed by atoms with E-state index in [2.05, 4.69) is 25.7 Å². The van der Waals surface area contributed by atoms with E-state index in [-0.39, 0.29) is 0 Å². The van der Waals surface area contributed by atoms with Crippen molar-refractivity contribution in [2.45, 2.75) is 127 Å². The fourth-order valence-corrected chi connectivity index (χ4v) is 13.0. The van der Waals surface area contributed by atoms with Gasteiger partial charge in [-0.2, -0.15) is 0 Å². The highest BCUT2D eigenvalue weighted by Crippen LogP contribution is 2.69. The molecule has 0 radical (unpaired) electrons. The van der Waals surface area contributed by atoms with Crippen molar-refractivity contribution in [1.29, 1.82) is 0 Å². The Hall–Kier alpha value is 0.0400. The SMILES string of the molecule is CC(C)=CC=P(C1CCCCC1)(C1CCCCC1)C1CCCCC1. The first-order chi connectivity index (χ1) is 11.7. The van der Waals surface area contributed by atoms with Gasteiger partial charge in [-0.1, -0.05) is 82.1 Å². The highest BCUT2D eigenvalue weighted by Gasteiger charge is 2.41. The van der Waals surface area contributed by atoms with Crippen LogP contribution in [0.3, 0.4) is 0 Å². The van der Waals surface area contributed by atoms with Gasteiger partial charge < -0.3 is 0 Å². The molecule has 0 N–H and O–H groups in total. The van der Waals surface area contributed by atoms with Gasteiger partial charge in [0.25, 0.3) is 0 Å². The summed E-state index contributed by atoms with van der Waals surface area (Å²) in [4.78, 5) is 0. The predicted molar refractivity (Wildman–Crippen MR) is 113 cm³/mol. The second-order valence-electron chi connectivity index (χ2n) is 9.16. The Labute approximate surface area is 151 Å². The first-order valence-corrected chi connectivity index (χ1v) is 13.2. The van der Waals surface area contributed by atoms with Crippen LogP contribution in [0, 0.1) is 0 Å². The Morgan fingerprint density at radius 3 is 1.21 bits per heavy atom. The largest absolute Gasteiger partial charge is 0.0960 e. The minimum atomic E-state index is -0.978. The first-order valence-electron chi connectivity index (χ1n) is 11.1. The molecule has 3 fully saturated rings. The zero-order valence-corrected chi connectivity index (χ0v) is 17.3. The van der Waals surface area contributed by atoms with Crippen molar-refractivity contribution < 1.29 is 0 Å². The molecule has 0 saturated heterocycles. The zero-order chi connectivity index (χ0) is 16.8. The molecule has 1 heteroatoms. The van der Waals surface area contributed by atoms with Crippen LogP contribution < -0.4 is 0 Å². The zero-order valence-electron chi connectivity index (χ0n) is 16.4. The average Bonchev–Trinajstić information content (AvgIpc) is 2.65. The van der Waals surface area contributed by atoms with Gasteiger partial charge in [0, 0.05) is 0 Å². The molecule has 138 valence electrons. The molecule has 0 heterocycles. The van der Waals surface area contributed by atoms with Crippen molar-refractivity contribution in [2.75, 3.05) is 0 Å². The molecule has 0 aromatic carbocycles. The van der Waals surface area contributed by atoms with E-state index in [4.69, 9.17) is 0 Å². The van der Waals surface area contributed by atoms with E-state index >= 15 is 0 Å². The molecule has 0 bridgehead atoms. The summed E-state index contributed by atoms with van der Waals surface area (Å²) in [6.45, 7) is 3.65. The molecule has 3 aliphatic rings. The summed E-state index contributed by atoms with van der Waals surface area (Å²) in [5.74, 6) is 2.91. The lowest BCUT2D eigenvalue weighted by Crippen LogP contribution is -2.32. The van der Waals surface area contributed by atoms with Gasteiger partial charge in [0.05, 0.1) is 0 Å². The van der Waals surface area contributed by atoms with Crippen LogP contribution >= 0.6 is 6.89 Å². The molecular formula is C23H41P. The van der Waals surface area contributed by atoms with E-state index in [0.717, 1.165) is 17.0 Å². The van der Waals surface area contributed by atoms with Gasteiger partial charge in [0.2, 0.25) is 0 Å². The Balaban J connectivity index is 2.02. The van der Waals surface area contributed by atoms with E-state index in [9.17, 15) is 0 Å². The first kappa shape index (κ1) is 18.8. The van der Waals surface area contributed by atoms with Crippen LogP contribution in [-0.4, -0.2) is 22.8 Å². The van der Waals surface area contributed by atoms with Gasteiger partial charge in [-0.25, -0.2) is 0 Å². The Bertz CT molecular complexity index is 398. The van der Waals surface area contributed by atoms with Crippen LogP contribution in [0.15, 0.2) is 11.6 Å². The van der Waals surface area contributed by atoms with Gasteiger partial charge >= 0.3 is 0 Å². The summed E-state index contributed by atoms with van der Waals surface area (Å²) in [6, 6.07) is 0. The molecule has 0 spiro atoms. The molecular weight excluding hydrogens is 307 g/mol. The van der Waals surface area contributed by atoms with Crippen LogP contribution in [0.1, 0.15) is 110 Å². The van der Waals surface area contributed by atoms with Crippen LogP contribution in [0.4, 0.5) is 0 Å². The average molecular weight is 349 g/mol. The third-order valence-corrected chi connectivity index (χ3v) is 13.3. The van der Waals surface area contributed by atoms with E-state index in [1.54, 1.807) is 38.5 Å². The molecule has 0 aromatic rings. The van der Waals surface area contributed by atoms with E-state index in [1.165, 1.54) is 63.4 Å². The minimum absolute atomic E-state index is 0.978. The molecule has 0 nitrogen and oxygen atoms in total. The number of hydrogen-bond donors (Lipinski definition) is 0. The van der Waals surface area contributed by atoms with Crippen LogP contribution in [0.5, 0.6) is 0 Å². The maximum absolute atomic E-state index is 2.91. The minimum Gasteiger partial charge on any atom is -0.0960 e. The van der Waals surface area contributed by atoms with Crippen molar-refractivity contribution in [3.05, 3.63) is 11.6 Å². The quantitative estimate of drug-likeness (QED) is 0.455. The Morgan fingerprint density at radius 2 is 0.917 bits per heavy atom. The smallest absolute Gasteiger partial charge is 0.0205 e. The lowest BCUT2D eigenvalue weighted by Gasteiger charge is -2.50. The standard InChI is InChI=1S/C23H41P/c1-20(2)18-19-24(21-12-6-3-7-13-21,22-14-8-4-9-15-22)23-16-10-5-11-17-23/h18-19,21-23H,3-17H2,1-2H3. The Kier molecular flexibility index (Phi) is 7.15. The molecule has 3 aliphatic carbocycles. The van der Waals surface area contributed by atoms with Crippen LogP contribution in [0.25, 0.3) is 0 Å². The van der Waals surface area contributed by atoms with E-state index in [0.29, 0.717) is 0 Å².